The number of hydrogen-bond donors (Lipinski definition) is 0. The largest absolute Gasteiger partial charge is 0.497 e. The zero-order valence-electron chi connectivity index (χ0n) is 30.7. The van der Waals surface area contributed by atoms with Gasteiger partial charge in [0.05, 0.1) is 58.0 Å². The molecule has 1 unspecified atom stereocenters. The molecule has 0 spiro atoms. The minimum atomic E-state index is -0.941. The van der Waals surface area contributed by atoms with E-state index >= 15 is 0 Å². The number of fused-ring (bicyclic) bond motifs is 8. The number of morpholine rings is 2. The summed E-state index contributed by atoms with van der Waals surface area (Å²) in [5.41, 5.74) is 9.25. The fraction of sp³-hybridized carbons (Fsp3) is 0.311. The molecule has 5 aromatic rings. The summed E-state index contributed by atoms with van der Waals surface area (Å²) in [5.74, 6) is 2.39. The molecule has 0 saturated carbocycles. The van der Waals surface area contributed by atoms with Crippen LogP contribution in [-0.2, 0) is 20.5 Å². The molecule has 53 heavy (non-hydrogen) atoms. The maximum absolute atomic E-state index is 9.93. The molecule has 1 aliphatic carbocycles. The molecule has 1 atom stereocenters. The highest BCUT2D eigenvalue weighted by Crippen LogP contribution is 2.59. The lowest BCUT2D eigenvalue weighted by Gasteiger charge is -2.39. The van der Waals surface area contributed by atoms with Gasteiger partial charge < -0.3 is 33.5 Å². The first kappa shape index (κ1) is 33.4. The summed E-state index contributed by atoms with van der Waals surface area (Å²) in [6, 6.07) is 29.9. The van der Waals surface area contributed by atoms with Gasteiger partial charge >= 0.3 is 0 Å². The molecular weight excluding hydrogens is 663 g/mol. The van der Waals surface area contributed by atoms with Gasteiger partial charge in [-0.25, -0.2) is 0 Å². The van der Waals surface area contributed by atoms with Gasteiger partial charge in [0.25, 0.3) is 0 Å². The van der Waals surface area contributed by atoms with Crippen LogP contribution in [0.4, 0.5) is 11.4 Å². The van der Waals surface area contributed by atoms with E-state index in [0.717, 1.165) is 101 Å². The molecule has 2 saturated heterocycles. The van der Waals surface area contributed by atoms with Crippen LogP contribution in [0.1, 0.15) is 47.2 Å². The summed E-state index contributed by atoms with van der Waals surface area (Å²) in [6.45, 7) is 10.6. The molecule has 9 rings (SSSR count). The third-order valence-electron chi connectivity index (χ3n) is 11.6. The van der Waals surface area contributed by atoms with Crippen molar-refractivity contribution in [2.45, 2.75) is 24.9 Å². The highest BCUT2D eigenvalue weighted by atomic mass is 16.5. The van der Waals surface area contributed by atoms with Gasteiger partial charge in [0.1, 0.15) is 17.2 Å². The molecule has 0 N–H and O–H groups in total. The van der Waals surface area contributed by atoms with E-state index in [2.05, 4.69) is 103 Å². The van der Waals surface area contributed by atoms with Crippen LogP contribution in [0.3, 0.4) is 0 Å². The Bertz CT molecular complexity index is 2300. The van der Waals surface area contributed by atoms with Crippen molar-refractivity contribution >= 4 is 28.2 Å². The van der Waals surface area contributed by atoms with Crippen LogP contribution < -0.4 is 24.0 Å². The van der Waals surface area contributed by atoms with Gasteiger partial charge in [-0.3, -0.25) is 0 Å². The van der Waals surface area contributed by atoms with Crippen LogP contribution in [0.2, 0.25) is 0 Å². The maximum atomic E-state index is 9.93. The summed E-state index contributed by atoms with van der Waals surface area (Å²) in [5, 5.41) is 12.0. The fourth-order valence-corrected chi connectivity index (χ4v) is 8.84. The van der Waals surface area contributed by atoms with Gasteiger partial charge in [-0.2, -0.15) is 5.26 Å². The first-order valence-corrected chi connectivity index (χ1v) is 18.4. The summed E-state index contributed by atoms with van der Waals surface area (Å²) >= 11 is 0. The molecule has 4 aliphatic rings. The van der Waals surface area contributed by atoms with Gasteiger partial charge in [-0.05, 0) is 82.2 Å². The second-order valence-corrected chi connectivity index (χ2v) is 14.7. The molecule has 0 amide bonds. The van der Waals surface area contributed by atoms with E-state index in [0.29, 0.717) is 18.8 Å². The molecule has 8 nitrogen and oxygen atoms in total. The Morgan fingerprint density at radius 2 is 1.40 bits per heavy atom. The van der Waals surface area contributed by atoms with Gasteiger partial charge in [0, 0.05) is 59.4 Å². The molecule has 0 bridgehead atoms. The van der Waals surface area contributed by atoms with E-state index in [4.69, 9.17) is 23.7 Å². The molecule has 2 fully saturated rings. The first-order chi connectivity index (χ1) is 25.9. The number of nitrogens with zero attached hydrogens (tertiary/aromatic N) is 3. The SMILES string of the molecule is COc1ccc(C2(c3ccc(N4CCOCC4)cc3)C=Cc3c4c(c5cc(N6CCOCC6)c(OC)cc5c3O2)-c2ccc(C#N)cc2C4(C)C)cc1. The van der Waals surface area contributed by atoms with Gasteiger partial charge in [0.15, 0.2) is 5.60 Å². The van der Waals surface area contributed by atoms with Crippen LogP contribution in [0.25, 0.3) is 28.0 Å². The van der Waals surface area contributed by atoms with E-state index in [-0.39, 0.29) is 0 Å². The van der Waals surface area contributed by atoms with Crippen molar-refractivity contribution in [3.05, 3.63) is 118 Å². The van der Waals surface area contributed by atoms with E-state index < -0.39 is 11.0 Å². The average molecular weight is 706 g/mol. The number of nitriles is 1. The van der Waals surface area contributed by atoms with Crippen molar-refractivity contribution in [2.24, 2.45) is 0 Å². The van der Waals surface area contributed by atoms with Crippen molar-refractivity contribution in [1.82, 2.24) is 0 Å². The van der Waals surface area contributed by atoms with Crippen molar-refractivity contribution in [3.8, 4) is 34.4 Å². The number of methoxy groups -OCH3 is 2. The standard InChI is InChI=1S/C45H43N3O5/c1-44(2)38-25-29(28-46)5-14-34(38)41-36-26-39(48-19-23-52-24-20-48)40(50-4)27-37(36)43-35(42(41)44)15-16-45(53-43,31-8-12-33(49-3)13-9-31)30-6-10-32(11-7-30)47-17-21-51-22-18-47/h5-16,25-27H,17-24H2,1-4H3. The lowest BCUT2D eigenvalue weighted by Crippen LogP contribution is -2.37. The van der Waals surface area contributed by atoms with Gasteiger partial charge in [0.2, 0.25) is 0 Å². The summed E-state index contributed by atoms with van der Waals surface area (Å²) in [6.07, 6.45) is 4.48. The summed E-state index contributed by atoms with van der Waals surface area (Å²) in [4.78, 5) is 4.72. The van der Waals surface area contributed by atoms with Crippen molar-refractivity contribution in [2.75, 3.05) is 76.6 Å². The molecule has 5 aromatic carbocycles. The molecule has 3 heterocycles. The van der Waals surface area contributed by atoms with Crippen molar-refractivity contribution in [3.63, 3.8) is 0 Å². The molecule has 0 radical (unpaired) electrons. The number of ether oxygens (including phenoxy) is 5. The Labute approximate surface area is 310 Å². The molecule has 3 aliphatic heterocycles. The van der Waals surface area contributed by atoms with E-state index in [1.54, 1.807) is 14.2 Å². The highest BCUT2D eigenvalue weighted by Gasteiger charge is 2.45. The topological polar surface area (TPSA) is 76.4 Å². The first-order valence-electron chi connectivity index (χ1n) is 18.4. The summed E-state index contributed by atoms with van der Waals surface area (Å²) in [7, 11) is 3.43. The molecule has 268 valence electrons. The second-order valence-electron chi connectivity index (χ2n) is 14.7. The normalized spacial score (nSPS) is 19.9. The maximum Gasteiger partial charge on any atom is 0.178 e. The third kappa shape index (κ3) is 5.25. The predicted octanol–water partition coefficient (Wildman–Crippen LogP) is 8.06. The monoisotopic (exact) mass is 705 g/mol. The van der Waals surface area contributed by atoms with Crippen molar-refractivity contribution < 1.29 is 23.7 Å². The van der Waals surface area contributed by atoms with Crippen LogP contribution >= 0.6 is 0 Å². The van der Waals surface area contributed by atoms with E-state index in [1.165, 1.54) is 16.8 Å². The lowest BCUT2D eigenvalue weighted by molar-refractivity contribution is 0.122. The average Bonchev–Trinajstić information content (AvgIpc) is 3.46. The number of anilines is 2. The van der Waals surface area contributed by atoms with Crippen LogP contribution in [0.5, 0.6) is 17.2 Å². The van der Waals surface area contributed by atoms with Crippen LogP contribution in [0.15, 0.2) is 84.9 Å². The number of rotatable bonds is 6. The zero-order chi connectivity index (χ0) is 36.3. The summed E-state index contributed by atoms with van der Waals surface area (Å²) < 4.78 is 30.7. The fourth-order valence-electron chi connectivity index (χ4n) is 8.84. The van der Waals surface area contributed by atoms with E-state index in [1.807, 2.05) is 18.2 Å². The zero-order valence-corrected chi connectivity index (χ0v) is 30.7. The number of benzene rings is 5. The number of hydrogen-bond acceptors (Lipinski definition) is 8. The predicted molar refractivity (Wildman–Crippen MR) is 209 cm³/mol. The Morgan fingerprint density at radius 1 is 0.736 bits per heavy atom. The van der Waals surface area contributed by atoms with Crippen LogP contribution in [-0.4, -0.2) is 66.8 Å². The second kappa shape index (κ2) is 12.9. The van der Waals surface area contributed by atoms with E-state index in [9.17, 15) is 5.26 Å². The minimum Gasteiger partial charge on any atom is -0.497 e. The van der Waals surface area contributed by atoms with Crippen molar-refractivity contribution in [1.29, 1.82) is 5.26 Å². The molecular formula is C45H43N3O5. The Kier molecular flexibility index (Phi) is 8.10. The van der Waals surface area contributed by atoms with Gasteiger partial charge in [-0.15, -0.1) is 0 Å². The Hall–Kier alpha value is -5.49. The molecule has 8 heteroatoms. The lowest BCUT2D eigenvalue weighted by atomic mass is 9.76. The quantitative estimate of drug-likeness (QED) is 0.176. The highest BCUT2D eigenvalue weighted by molar-refractivity contribution is 6.10. The van der Waals surface area contributed by atoms with Crippen LogP contribution in [0, 0.1) is 11.3 Å². The Balaban J connectivity index is 1.30. The third-order valence-corrected chi connectivity index (χ3v) is 11.6. The smallest absolute Gasteiger partial charge is 0.178 e. The molecule has 0 aromatic heterocycles. The minimum absolute atomic E-state index is 0.400. The van der Waals surface area contributed by atoms with Gasteiger partial charge in [-0.1, -0.05) is 50.3 Å². The Morgan fingerprint density at radius 3 is 2.04 bits per heavy atom.